The lowest BCUT2D eigenvalue weighted by molar-refractivity contribution is 0.655. The molecule has 2 N–H and O–H groups in total. The van der Waals surface area contributed by atoms with Crippen molar-refractivity contribution in [3.63, 3.8) is 0 Å². The lowest BCUT2D eigenvalue weighted by Crippen LogP contribution is -2.26. The maximum atomic E-state index is 13.1. The summed E-state index contributed by atoms with van der Waals surface area (Å²) in [5, 5.41) is 12.1. The van der Waals surface area contributed by atoms with Gasteiger partial charge in [0, 0.05) is 16.8 Å². The first-order valence-electron chi connectivity index (χ1n) is 8.39. The summed E-state index contributed by atoms with van der Waals surface area (Å²) in [6, 6.07) is 7.28. The number of nitrogens with one attached hydrogen (secondary N) is 2. The second-order valence-electron chi connectivity index (χ2n) is 6.33. The molecule has 4 heterocycles. The highest BCUT2D eigenvalue weighted by atomic mass is 32.1. The molecule has 4 aromatic rings. The number of fused-ring (bicyclic) bond motifs is 4. The Kier molecular flexibility index (Phi) is 3.47. The first kappa shape index (κ1) is 15.4. The molecule has 1 aromatic carbocycles. The molecular weight excluding hydrogens is 350 g/mol. The Hall–Kier alpha value is -2.84. The van der Waals surface area contributed by atoms with E-state index >= 15 is 0 Å². The zero-order chi connectivity index (χ0) is 17.7. The van der Waals surface area contributed by atoms with Crippen LogP contribution >= 0.6 is 11.3 Å². The van der Waals surface area contributed by atoms with Gasteiger partial charge in [0.25, 0.3) is 11.1 Å². The molecule has 26 heavy (non-hydrogen) atoms. The number of nitrogens with zero attached hydrogens (tertiary/aromatic N) is 3. The maximum Gasteiger partial charge on any atom is 0.272 e. The molecule has 0 unspecified atom stereocenters. The first-order valence-corrected chi connectivity index (χ1v) is 9.21. The Bertz CT molecular complexity index is 1270. The van der Waals surface area contributed by atoms with Gasteiger partial charge in [-0.15, -0.1) is 11.3 Å². The molecule has 0 amide bonds. The molecule has 7 nitrogen and oxygen atoms in total. The molecule has 5 rings (SSSR count). The van der Waals surface area contributed by atoms with E-state index in [1.807, 2.05) is 18.2 Å². The maximum absolute atomic E-state index is 13.1. The Labute approximate surface area is 151 Å². The van der Waals surface area contributed by atoms with Crippen LogP contribution in [-0.2, 0) is 19.5 Å². The van der Waals surface area contributed by atoms with Crippen LogP contribution in [0, 0.1) is 0 Å². The van der Waals surface area contributed by atoms with E-state index in [1.54, 1.807) is 28.3 Å². The predicted octanol–water partition coefficient (Wildman–Crippen LogP) is 1.39. The van der Waals surface area contributed by atoms with Crippen molar-refractivity contribution in [3.05, 3.63) is 67.4 Å². The molecule has 0 fully saturated rings. The number of thiophene rings is 1. The SMILES string of the molecule is O=c1[nH]nc(Cn2cnc3sc4c(c3c2=O)CCNC4)c2ccccc12. The van der Waals surface area contributed by atoms with Crippen molar-refractivity contribution in [2.24, 2.45) is 0 Å². The van der Waals surface area contributed by atoms with Gasteiger partial charge in [-0.2, -0.15) is 5.10 Å². The van der Waals surface area contributed by atoms with Gasteiger partial charge < -0.3 is 5.32 Å². The first-order chi connectivity index (χ1) is 12.7. The average Bonchev–Trinajstić information content (AvgIpc) is 3.05. The van der Waals surface area contributed by atoms with Crippen molar-refractivity contribution < 1.29 is 0 Å². The van der Waals surface area contributed by atoms with Crippen LogP contribution in [0.5, 0.6) is 0 Å². The summed E-state index contributed by atoms with van der Waals surface area (Å²) >= 11 is 1.58. The minimum absolute atomic E-state index is 0.0496. The van der Waals surface area contributed by atoms with E-state index in [1.165, 1.54) is 4.88 Å². The summed E-state index contributed by atoms with van der Waals surface area (Å²) in [7, 11) is 0. The van der Waals surface area contributed by atoms with Gasteiger partial charge in [-0.3, -0.25) is 14.2 Å². The number of hydrogen-bond donors (Lipinski definition) is 2. The third-order valence-corrected chi connectivity index (χ3v) is 5.93. The Morgan fingerprint density at radius 3 is 2.92 bits per heavy atom. The normalized spacial score (nSPS) is 14.0. The van der Waals surface area contributed by atoms with Crippen LogP contribution in [-0.4, -0.2) is 26.3 Å². The topological polar surface area (TPSA) is 92.7 Å². The van der Waals surface area contributed by atoms with Gasteiger partial charge in [0.2, 0.25) is 0 Å². The summed E-state index contributed by atoms with van der Waals surface area (Å²) in [5.74, 6) is 0. The van der Waals surface area contributed by atoms with Crippen LogP contribution in [0.1, 0.15) is 16.1 Å². The average molecular weight is 365 g/mol. The van der Waals surface area contributed by atoms with E-state index in [9.17, 15) is 9.59 Å². The van der Waals surface area contributed by atoms with Gasteiger partial charge in [0.15, 0.2) is 0 Å². The summed E-state index contributed by atoms with van der Waals surface area (Å²) in [5.41, 5.74) is 1.49. The molecule has 0 atom stereocenters. The van der Waals surface area contributed by atoms with Crippen molar-refractivity contribution >= 4 is 32.3 Å². The second-order valence-corrected chi connectivity index (χ2v) is 7.42. The quantitative estimate of drug-likeness (QED) is 0.560. The van der Waals surface area contributed by atoms with E-state index in [0.717, 1.165) is 40.7 Å². The molecule has 0 bridgehead atoms. The molecule has 0 aliphatic carbocycles. The molecule has 3 aromatic heterocycles. The molecule has 130 valence electrons. The van der Waals surface area contributed by atoms with Gasteiger partial charge in [-0.25, -0.2) is 10.1 Å². The molecule has 0 saturated heterocycles. The van der Waals surface area contributed by atoms with Crippen LogP contribution < -0.4 is 16.4 Å². The van der Waals surface area contributed by atoms with Crippen LogP contribution in [0.15, 0.2) is 40.2 Å². The Morgan fingerprint density at radius 2 is 2.04 bits per heavy atom. The van der Waals surface area contributed by atoms with E-state index < -0.39 is 0 Å². The lowest BCUT2D eigenvalue weighted by atomic mass is 10.1. The molecule has 0 saturated carbocycles. The third-order valence-electron chi connectivity index (χ3n) is 4.79. The van der Waals surface area contributed by atoms with Crippen LogP contribution in [0.3, 0.4) is 0 Å². The number of aromatic amines is 1. The summed E-state index contributed by atoms with van der Waals surface area (Å²) in [4.78, 5) is 31.5. The monoisotopic (exact) mass is 365 g/mol. The van der Waals surface area contributed by atoms with Crippen molar-refractivity contribution in [1.29, 1.82) is 0 Å². The molecule has 1 aliphatic heterocycles. The van der Waals surface area contributed by atoms with E-state index in [-0.39, 0.29) is 17.7 Å². The zero-order valence-electron chi connectivity index (χ0n) is 13.8. The number of aromatic nitrogens is 4. The minimum atomic E-state index is -0.232. The van der Waals surface area contributed by atoms with Crippen LogP contribution in [0.25, 0.3) is 21.0 Å². The Morgan fingerprint density at radius 1 is 1.19 bits per heavy atom. The second kappa shape index (κ2) is 5.86. The molecule has 8 heteroatoms. The molecular formula is C18H15N5O2S. The Balaban J connectivity index is 1.67. The number of H-pyrrole nitrogens is 1. The minimum Gasteiger partial charge on any atom is -0.312 e. The predicted molar refractivity (Wildman–Crippen MR) is 101 cm³/mol. The van der Waals surface area contributed by atoms with Crippen molar-refractivity contribution in [2.45, 2.75) is 19.5 Å². The largest absolute Gasteiger partial charge is 0.312 e. The van der Waals surface area contributed by atoms with Gasteiger partial charge in [-0.05, 0) is 24.6 Å². The van der Waals surface area contributed by atoms with Gasteiger partial charge in [0.05, 0.1) is 29.3 Å². The van der Waals surface area contributed by atoms with Gasteiger partial charge in [-0.1, -0.05) is 18.2 Å². The molecule has 1 aliphatic rings. The van der Waals surface area contributed by atoms with E-state index in [4.69, 9.17) is 0 Å². The fourth-order valence-electron chi connectivity index (χ4n) is 3.52. The standard InChI is InChI=1S/C18H15N5O2S/c24-16-11-4-2-1-3-10(11)13(21-22-16)8-23-9-20-17-15(18(23)25)12-5-6-19-7-14(12)26-17/h1-4,9,19H,5-8H2,(H,22,24). The van der Waals surface area contributed by atoms with E-state index in [0.29, 0.717) is 11.1 Å². The van der Waals surface area contributed by atoms with Crippen LogP contribution in [0.4, 0.5) is 0 Å². The summed E-state index contributed by atoms with van der Waals surface area (Å²) < 4.78 is 1.57. The summed E-state index contributed by atoms with van der Waals surface area (Å²) in [6.07, 6.45) is 2.41. The highest BCUT2D eigenvalue weighted by molar-refractivity contribution is 7.18. The number of hydrogen-bond acceptors (Lipinski definition) is 6. The number of benzene rings is 1. The summed E-state index contributed by atoms with van der Waals surface area (Å²) in [6.45, 7) is 1.93. The van der Waals surface area contributed by atoms with Gasteiger partial charge in [0.1, 0.15) is 4.83 Å². The fourth-order valence-corrected chi connectivity index (χ4v) is 4.66. The number of rotatable bonds is 2. The van der Waals surface area contributed by atoms with Gasteiger partial charge >= 0.3 is 0 Å². The van der Waals surface area contributed by atoms with Crippen molar-refractivity contribution in [1.82, 2.24) is 25.1 Å². The van der Waals surface area contributed by atoms with Crippen molar-refractivity contribution in [2.75, 3.05) is 6.54 Å². The third kappa shape index (κ3) is 2.30. The molecule has 0 spiro atoms. The van der Waals surface area contributed by atoms with Crippen LogP contribution in [0.2, 0.25) is 0 Å². The molecule has 0 radical (unpaired) electrons. The smallest absolute Gasteiger partial charge is 0.272 e. The fraction of sp³-hybridized carbons (Fsp3) is 0.222. The van der Waals surface area contributed by atoms with E-state index in [2.05, 4.69) is 20.5 Å². The lowest BCUT2D eigenvalue weighted by Gasteiger charge is -2.12. The highest BCUT2D eigenvalue weighted by Crippen LogP contribution is 2.29. The van der Waals surface area contributed by atoms with Crippen molar-refractivity contribution in [3.8, 4) is 0 Å². The highest BCUT2D eigenvalue weighted by Gasteiger charge is 2.20. The zero-order valence-corrected chi connectivity index (χ0v) is 14.6.